The molecule has 1 aliphatic heterocycles. The van der Waals surface area contributed by atoms with E-state index in [1.165, 1.54) is 36.9 Å². The highest BCUT2D eigenvalue weighted by molar-refractivity contribution is 7.93. The number of benzene rings is 2. The van der Waals surface area contributed by atoms with E-state index in [1.807, 2.05) is 0 Å². The highest BCUT2D eigenvalue weighted by Gasteiger charge is 2.60. The molecule has 144 valence electrons. The number of carbonyl (C=O) groups excluding carboxylic acids is 1. The summed E-state index contributed by atoms with van der Waals surface area (Å²) in [6, 6.07) is 14.3. The molecule has 1 unspecified atom stereocenters. The number of sulfone groups is 1. The van der Waals surface area contributed by atoms with E-state index in [4.69, 9.17) is 9.57 Å². The molecule has 9 heteroatoms. The summed E-state index contributed by atoms with van der Waals surface area (Å²) in [6.07, 6.45) is 0.371. The van der Waals surface area contributed by atoms with Crippen molar-refractivity contribution in [1.29, 1.82) is 0 Å². The van der Waals surface area contributed by atoms with E-state index in [-0.39, 0.29) is 17.9 Å². The van der Waals surface area contributed by atoms with Crippen molar-refractivity contribution in [3.05, 3.63) is 54.6 Å². The Kier molecular flexibility index (Phi) is 5.36. The average Bonchev–Trinajstić information content (AvgIpc) is 3.13. The molecule has 0 aliphatic carbocycles. The number of carbonyl (C=O) groups is 1. The molecule has 0 bridgehead atoms. The van der Waals surface area contributed by atoms with E-state index < -0.39 is 20.6 Å². The summed E-state index contributed by atoms with van der Waals surface area (Å²) in [4.78, 5) is 16.2. The van der Waals surface area contributed by atoms with Crippen molar-refractivity contribution in [1.82, 2.24) is 10.5 Å². The van der Waals surface area contributed by atoms with Crippen molar-refractivity contribution in [3.8, 4) is 11.5 Å². The van der Waals surface area contributed by atoms with Crippen molar-refractivity contribution < 1.29 is 28.0 Å². The molecule has 0 radical (unpaired) electrons. The van der Waals surface area contributed by atoms with Gasteiger partial charge in [-0.2, -0.15) is 0 Å². The normalized spacial score (nSPS) is 20.2. The summed E-state index contributed by atoms with van der Waals surface area (Å²) in [5.41, 5.74) is 1.50. The summed E-state index contributed by atoms with van der Waals surface area (Å²) < 4.78 is 31.9. The maximum Gasteiger partial charge on any atom is 0.283 e. The molecule has 3 rings (SSSR count). The number of nitrogens with zero attached hydrogens (tertiary/aromatic N) is 1. The van der Waals surface area contributed by atoms with Crippen LogP contribution in [-0.4, -0.2) is 43.1 Å². The third kappa shape index (κ3) is 3.25. The Morgan fingerprint density at radius 3 is 2.37 bits per heavy atom. The van der Waals surface area contributed by atoms with Gasteiger partial charge in [-0.25, -0.2) is 13.9 Å². The first-order valence-electron chi connectivity index (χ1n) is 8.29. The van der Waals surface area contributed by atoms with Gasteiger partial charge in [0, 0.05) is 6.54 Å². The molecule has 1 atom stereocenters. The van der Waals surface area contributed by atoms with Gasteiger partial charge in [-0.05, 0) is 49.2 Å². The second kappa shape index (κ2) is 7.55. The molecule has 0 spiro atoms. The van der Waals surface area contributed by atoms with E-state index in [0.29, 0.717) is 17.9 Å². The molecule has 1 fully saturated rings. The minimum atomic E-state index is -4.23. The molecular weight excluding hydrogens is 372 g/mol. The predicted octanol–water partition coefficient (Wildman–Crippen LogP) is 1.76. The standard InChI is InChI=1S/C18H20N2O6S/c1-25-14-8-10-16(11-9-14)27(23,24)18(17(21)19-22)12-5-13-20(18)26-15-6-3-2-4-7-15/h2-4,6-11,22H,5,12-13H2,1H3,(H,19,21). The number of para-hydroxylation sites is 1. The predicted molar refractivity (Wildman–Crippen MR) is 95.9 cm³/mol. The summed E-state index contributed by atoms with van der Waals surface area (Å²) in [5, 5.41) is 10.4. The Hall–Kier alpha value is -2.62. The van der Waals surface area contributed by atoms with Crippen LogP contribution in [-0.2, 0) is 14.6 Å². The van der Waals surface area contributed by atoms with Gasteiger partial charge in [0.15, 0.2) is 0 Å². The fourth-order valence-corrected chi connectivity index (χ4v) is 5.13. The Labute approximate surface area is 157 Å². The van der Waals surface area contributed by atoms with Gasteiger partial charge in [0.25, 0.3) is 5.91 Å². The van der Waals surface area contributed by atoms with E-state index in [9.17, 15) is 18.4 Å². The van der Waals surface area contributed by atoms with Gasteiger partial charge in [-0.15, -0.1) is 5.06 Å². The van der Waals surface area contributed by atoms with Crippen molar-refractivity contribution in [3.63, 3.8) is 0 Å². The maximum absolute atomic E-state index is 13.4. The number of hydroxylamine groups is 3. The molecule has 2 aromatic carbocycles. The molecule has 8 nitrogen and oxygen atoms in total. The molecule has 1 aliphatic rings. The molecule has 2 aromatic rings. The Morgan fingerprint density at radius 1 is 1.11 bits per heavy atom. The van der Waals surface area contributed by atoms with Crippen LogP contribution in [0.1, 0.15) is 12.8 Å². The van der Waals surface area contributed by atoms with Gasteiger partial charge in [-0.1, -0.05) is 18.2 Å². The SMILES string of the molecule is COc1ccc(S(=O)(=O)C2(C(=O)NO)CCCN2Oc2ccccc2)cc1. The second-order valence-electron chi connectivity index (χ2n) is 6.01. The highest BCUT2D eigenvalue weighted by atomic mass is 32.2. The number of hydrogen-bond donors (Lipinski definition) is 2. The van der Waals surface area contributed by atoms with Gasteiger partial charge in [-0.3, -0.25) is 10.0 Å². The molecule has 0 saturated carbocycles. The van der Waals surface area contributed by atoms with Crippen LogP contribution in [0, 0.1) is 0 Å². The third-order valence-electron chi connectivity index (χ3n) is 4.51. The lowest BCUT2D eigenvalue weighted by Gasteiger charge is -2.34. The van der Waals surface area contributed by atoms with Crippen LogP contribution in [0.15, 0.2) is 59.5 Å². The van der Waals surface area contributed by atoms with E-state index in [2.05, 4.69) is 0 Å². The van der Waals surface area contributed by atoms with Crippen molar-refractivity contribution in [2.24, 2.45) is 0 Å². The lowest BCUT2D eigenvalue weighted by Crippen LogP contribution is -2.60. The molecular formula is C18H20N2O6S. The van der Waals surface area contributed by atoms with Crippen molar-refractivity contribution >= 4 is 15.7 Å². The molecule has 1 amide bonds. The first-order chi connectivity index (χ1) is 13.0. The van der Waals surface area contributed by atoms with Crippen LogP contribution >= 0.6 is 0 Å². The first kappa shape index (κ1) is 19.2. The monoisotopic (exact) mass is 392 g/mol. The number of ether oxygens (including phenoxy) is 1. The van der Waals surface area contributed by atoms with Crippen LogP contribution in [0.4, 0.5) is 0 Å². The molecule has 27 heavy (non-hydrogen) atoms. The van der Waals surface area contributed by atoms with Gasteiger partial charge in [0.1, 0.15) is 11.5 Å². The number of nitrogens with one attached hydrogen (secondary N) is 1. The van der Waals surface area contributed by atoms with E-state index in [0.717, 1.165) is 5.06 Å². The largest absolute Gasteiger partial charge is 0.497 e. The first-order valence-corrected chi connectivity index (χ1v) is 9.78. The highest BCUT2D eigenvalue weighted by Crippen LogP contribution is 2.39. The lowest BCUT2D eigenvalue weighted by molar-refractivity contribution is -0.152. The van der Waals surface area contributed by atoms with Crippen LogP contribution < -0.4 is 15.1 Å². The van der Waals surface area contributed by atoms with Crippen molar-refractivity contribution in [2.75, 3.05) is 13.7 Å². The van der Waals surface area contributed by atoms with Gasteiger partial charge in [0.05, 0.1) is 12.0 Å². The fraction of sp³-hybridized carbons (Fsp3) is 0.278. The summed E-state index contributed by atoms with van der Waals surface area (Å²) in [6.45, 7) is 0.206. The zero-order valence-electron chi connectivity index (χ0n) is 14.7. The fourth-order valence-electron chi connectivity index (χ4n) is 3.15. The number of hydrogen-bond acceptors (Lipinski definition) is 7. The number of amides is 1. The molecule has 0 aromatic heterocycles. The minimum absolute atomic E-state index is 0.0272. The molecule has 1 heterocycles. The minimum Gasteiger partial charge on any atom is -0.497 e. The van der Waals surface area contributed by atoms with Crippen LogP contribution in [0.25, 0.3) is 0 Å². The number of methoxy groups -OCH3 is 1. The lowest BCUT2D eigenvalue weighted by atomic mass is 10.2. The number of rotatable bonds is 6. The maximum atomic E-state index is 13.4. The summed E-state index contributed by atoms with van der Waals surface area (Å²) >= 11 is 0. The quantitative estimate of drug-likeness (QED) is 0.570. The Morgan fingerprint density at radius 2 is 1.78 bits per heavy atom. The van der Waals surface area contributed by atoms with E-state index in [1.54, 1.807) is 30.3 Å². The zero-order chi connectivity index (χ0) is 19.5. The smallest absolute Gasteiger partial charge is 0.283 e. The van der Waals surface area contributed by atoms with Gasteiger partial charge in [0.2, 0.25) is 14.7 Å². The molecule has 2 N–H and O–H groups in total. The van der Waals surface area contributed by atoms with Crippen LogP contribution in [0.3, 0.4) is 0 Å². The Bertz CT molecular complexity index is 901. The third-order valence-corrected chi connectivity index (χ3v) is 6.88. The van der Waals surface area contributed by atoms with E-state index >= 15 is 0 Å². The van der Waals surface area contributed by atoms with Crippen molar-refractivity contribution in [2.45, 2.75) is 22.6 Å². The Balaban J connectivity index is 2.06. The summed E-state index contributed by atoms with van der Waals surface area (Å²) in [7, 11) is -2.76. The summed E-state index contributed by atoms with van der Waals surface area (Å²) in [5.74, 6) is -0.190. The van der Waals surface area contributed by atoms with Crippen LogP contribution in [0.2, 0.25) is 0 Å². The van der Waals surface area contributed by atoms with Gasteiger partial charge < -0.3 is 9.57 Å². The average molecular weight is 392 g/mol. The topological polar surface area (TPSA) is 105 Å². The zero-order valence-corrected chi connectivity index (χ0v) is 15.5. The second-order valence-corrected chi connectivity index (χ2v) is 8.17. The van der Waals surface area contributed by atoms with Crippen LogP contribution in [0.5, 0.6) is 11.5 Å². The molecule has 1 saturated heterocycles. The van der Waals surface area contributed by atoms with Gasteiger partial charge >= 0.3 is 0 Å².